The van der Waals surface area contributed by atoms with Crippen molar-refractivity contribution in [1.82, 2.24) is 4.31 Å². The quantitative estimate of drug-likeness (QED) is 0.616. The van der Waals surface area contributed by atoms with Gasteiger partial charge in [0.15, 0.2) is 0 Å². The maximum atomic E-state index is 12.7. The summed E-state index contributed by atoms with van der Waals surface area (Å²) >= 11 is 7.68. The average Bonchev–Trinajstić information content (AvgIpc) is 2.47. The van der Waals surface area contributed by atoms with Gasteiger partial charge >= 0.3 is 0 Å². The Morgan fingerprint density at radius 2 is 2.24 bits per heavy atom. The molecule has 1 aromatic rings. The number of halogens is 1. The standard InChI is InChI=1S/C12H15ClN2O4S2/c1-2-10-8-14(5-6-20-10)21(18,19)12-7-9(15(16)17)3-4-11(12)13/h3-4,7,10H,2,5-6,8H2,1H3. The Balaban J connectivity index is 2.39. The molecular formula is C12H15ClN2O4S2. The predicted octanol–water partition coefficient (Wildman–Crippen LogP) is 2.76. The van der Waals surface area contributed by atoms with Crippen molar-refractivity contribution in [3.63, 3.8) is 0 Å². The van der Waals surface area contributed by atoms with Gasteiger partial charge in [0.2, 0.25) is 10.0 Å². The van der Waals surface area contributed by atoms with Crippen LogP contribution in [-0.2, 0) is 10.0 Å². The summed E-state index contributed by atoms with van der Waals surface area (Å²) in [6, 6.07) is 3.48. The zero-order valence-corrected chi connectivity index (χ0v) is 13.7. The molecule has 0 amide bonds. The summed E-state index contributed by atoms with van der Waals surface area (Å²) in [5.74, 6) is 0.713. The number of rotatable bonds is 4. The molecule has 0 spiro atoms. The Kier molecular flexibility index (Phi) is 5.13. The minimum Gasteiger partial charge on any atom is -0.258 e. The molecule has 0 N–H and O–H groups in total. The van der Waals surface area contributed by atoms with E-state index in [0.29, 0.717) is 18.8 Å². The lowest BCUT2D eigenvalue weighted by Crippen LogP contribution is -2.41. The minimum atomic E-state index is -3.81. The maximum Gasteiger partial charge on any atom is 0.270 e. The second-order valence-electron chi connectivity index (χ2n) is 4.64. The number of thioether (sulfide) groups is 1. The molecule has 1 unspecified atom stereocenters. The fourth-order valence-corrected chi connectivity index (χ4v) is 5.47. The van der Waals surface area contributed by atoms with Gasteiger partial charge in [-0.1, -0.05) is 18.5 Å². The first-order valence-corrected chi connectivity index (χ1v) is 9.28. The molecule has 1 fully saturated rings. The van der Waals surface area contributed by atoms with E-state index in [4.69, 9.17) is 11.6 Å². The van der Waals surface area contributed by atoms with Crippen molar-refractivity contribution in [1.29, 1.82) is 0 Å². The topological polar surface area (TPSA) is 80.5 Å². The van der Waals surface area contributed by atoms with Gasteiger partial charge in [0.05, 0.1) is 9.95 Å². The fourth-order valence-electron chi connectivity index (χ4n) is 2.10. The van der Waals surface area contributed by atoms with Crippen molar-refractivity contribution in [2.75, 3.05) is 18.8 Å². The van der Waals surface area contributed by atoms with Crippen LogP contribution in [0.1, 0.15) is 13.3 Å². The first kappa shape index (κ1) is 16.5. The molecular weight excluding hydrogens is 336 g/mol. The van der Waals surface area contributed by atoms with Gasteiger partial charge in [-0.05, 0) is 12.5 Å². The molecule has 0 bridgehead atoms. The molecule has 0 radical (unpaired) electrons. The Bertz CT molecular complexity index is 651. The second-order valence-corrected chi connectivity index (χ2v) is 8.36. The Labute approximate surface area is 132 Å². The van der Waals surface area contributed by atoms with Crippen molar-refractivity contribution in [2.45, 2.75) is 23.5 Å². The highest BCUT2D eigenvalue weighted by Crippen LogP contribution is 2.31. The summed E-state index contributed by atoms with van der Waals surface area (Å²) in [4.78, 5) is 9.99. The van der Waals surface area contributed by atoms with Gasteiger partial charge in [0, 0.05) is 36.2 Å². The van der Waals surface area contributed by atoms with E-state index in [1.165, 1.54) is 16.4 Å². The van der Waals surface area contributed by atoms with Crippen molar-refractivity contribution >= 4 is 39.1 Å². The van der Waals surface area contributed by atoms with Crippen molar-refractivity contribution in [3.8, 4) is 0 Å². The smallest absolute Gasteiger partial charge is 0.258 e. The average molecular weight is 351 g/mol. The molecule has 1 aliphatic heterocycles. The first-order valence-electron chi connectivity index (χ1n) is 6.42. The number of non-ortho nitro benzene ring substituents is 1. The molecule has 21 heavy (non-hydrogen) atoms. The van der Waals surface area contributed by atoms with E-state index in [9.17, 15) is 18.5 Å². The number of hydrogen-bond donors (Lipinski definition) is 0. The van der Waals surface area contributed by atoms with Gasteiger partial charge in [0.1, 0.15) is 4.90 Å². The molecule has 1 saturated heterocycles. The van der Waals surface area contributed by atoms with Crippen LogP contribution in [0.4, 0.5) is 5.69 Å². The van der Waals surface area contributed by atoms with E-state index < -0.39 is 14.9 Å². The van der Waals surface area contributed by atoms with E-state index in [1.807, 2.05) is 6.92 Å². The number of nitro benzene ring substituents is 1. The van der Waals surface area contributed by atoms with E-state index in [0.717, 1.165) is 12.5 Å². The number of benzene rings is 1. The van der Waals surface area contributed by atoms with Crippen LogP contribution in [-0.4, -0.2) is 41.7 Å². The molecule has 6 nitrogen and oxygen atoms in total. The van der Waals surface area contributed by atoms with Crippen LogP contribution in [0.25, 0.3) is 0 Å². The van der Waals surface area contributed by atoms with Gasteiger partial charge in [-0.15, -0.1) is 0 Å². The van der Waals surface area contributed by atoms with Gasteiger partial charge < -0.3 is 0 Å². The highest BCUT2D eigenvalue weighted by molar-refractivity contribution is 8.00. The van der Waals surface area contributed by atoms with Crippen LogP contribution in [0.2, 0.25) is 5.02 Å². The highest BCUT2D eigenvalue weighted by Gasteiger charge is 2.32. The van der Waals surface area contributed by atoms with E-state index >= 15 is 0 Å². The van der Waals surface area contributed by atoms with Crippen LogP contribution in [0.15, 0.2) is 23.1 Å². The van der Waals surface area contributed by atoms with Gasteiger partial charge in [0.25, 0.3) is 5.69 Å². The van der Waals surface area contributed by atoms with Crippen molar-refractivity contribution in [2.24, 2.45) is 0 Å². The molecule has 0 aromatic heterocycles. The molecule has 9 heteroatoms. The van der Waals surface area contributed by atoms with Crippen LogP contribution in [0, 0.1) is 10.1 Å². The predicted molar refractivity (Wildman–Crippen MR) is 83.4 cm³/mol. The highest BCUT2D eigenvalue weighted by atomic mass is 35.5. The number of nitro groups is 1. The third kappa shape index (κ3) is 3.50. The fraction of sp³-hybridized carbons (Fsp3) is 0.500. The molecule has 0 saturated carbocycles. The molecule has 1 aromatic carbocycles. The Hall–Kier alpha value is -0.830. The second kappa shape index (κ2) is 6.51. The summed E-state index contributed by atoms with van der Waals surface area (Å²) in [6.07, 6.45) is 0.874. The lowest BCUT2D eigenvalue weighted by Gasteiger charge is -2.31. The summed E-state index contributed by atoms with van der Waals surface area (Å²) in [6.45, 7) is 2.80. The maximum absolute atomic E-state index is 12.7. The Morgan fingerprint density at radius 1 is 1.52 bits per heavy atom. The number of sulfonamides is 1. The number of hydrogen-bond acceptors (Lipinski definition) is 5. The molecule has 116 valence electrons. The van der Waals surface area contributed by atoms with Crippen LogP contribution in [0.5, 0.6) is 0 Å². The largest absolute Gasteiger partial charge is 0.270 e. The summed E-state index contributed by atoms with van der Waals surface area (Å²) in [5.41, 5.74) is -0.281. The van der Waals surface area contributed by atoms with E-state index in [1.54, 1.807) is 11.8 Å². The zero-order chi connectivity index (χ0) is 15.6. The molecule has 1 heterocycles. The van der Waals surface area contributed by atoms with E-state index in [2.05, 4.69) is 0 Å². The van der Waals surface area contributed by atoms with Crippen molar-refractivity contribution in [3.05, 3.63) is 33.3 Å². The first-order chi connectivity index (χ1) is 9.86. The Morgan fingerprint density at radius 3 is 2.86 bits per heavy atom. The lowest BCUT2D eigenvalue weighted by atomic mass is 10.3. The van der Waals surface area contributed by atoms with E-state index in [-0.39, 0.29) is 20.9 Å². The van der Waals surface area contributed by atoms with Crippen LogP contribution < -0.4 is 0 Å². The minimum absolute atomic E-state index is 0.00637. The van der Waals surface area contributed by atoms with Gasteiger partial charge in [-0.3, -0.25) is 10.1 Å². The molecule has 1 aliphatic rings. The normalized spacial score (nSPS) is 20.4. The summed E-state index contributed by atoms with van der Waals surface area (Å²) < 4.78 is 26.7. The third-order valence-corrected chi connectivity index (χ3v) is 7.02. The SMILES string of the molecule is CCC1CN(S(=O)(=O)c2cc([N+](=O)[O-])ccc2Cl)CCS1. The lowest BCUT2D eigenvalue weighted by molar-refractivity contribution is -0.385. The van der Waals surface area contributed by atoms with Crippen LogP contribution in [0.3, 0.4) is 0 Å². The van der Waals surface area contributed by atoms with Crippen LogP contribution >= 0.6 is 23.4 Å². The van der Waals surface area contributed by atoms with Crippen molar-refractivity contribution < 1.29 is 13.3 Å². The molecule has 2 rings (SSSR count). The monoisotopic (exact) mass is 350 g/mol. The van der Waals surface area contributed by atoms with Gasteiger partial charge in [-0.2, -0.15) is 16.1 Å². The third-order valence-electron chi connectivity index (χ3n) is 3.30. The zero-order valence-electron chi connectivity index (χ0n) is 11.4. The van der Waals surface area contributed by atoms with Gasteiger partial charge in [-0.25, -0.2) is 8.42 Å². The molecule has 0 aliphatic carbocycles. The summed E-state index contributed by atoms with van der Waals surface area (Å²) in [7, 11) is -3.81. The summed E-state index contributed by atoms with van der Waals surface area (Å²) in [5, 5.41) is 11.1. The number of nitrogens with zero attached hydrogens (tertiary/aromatic N) is 2. The molecule has 1 atom stereocenters.